The summed E-state index contributed by atoms with van der Waals surface area (Å²) in [5.74, 6) is 0.966. The number of aromatic nitrogens is 2. The first-order valence-electron chi connectivity index (χ1n) is 4.91. The number of rotatable bonds is 2. The highest BCUT2D eigenvalue weighted by atomic mass is 16.5. The molecular weight excluding hydrogens is 176 g/mol. The Morgan fingerprint density at radius 1 is 1.43 bits per heavy atom. The molecular formula is C11H12N2O. The van der Waals surface area contributed by atoms with Gasteiger partial charge in [-0.3, -0.25) is 4.68 Å². The van der Waals surface area contributed by atoms with Crippen LogP contribution in [0.1, 0.15) is 12.8 Å². The van der Waals surface area contributed by atoms with E-state index in [0.29, 0.717) is 6.10 Å². The molecule has 0 unspecified atom stereocenters. The monoisotopic (exact) mass is 188 g/mol. The fraction of sp³-hybridized carbons (Fsp3) is 0.364. The molecule has 1 aliphatic carbocycles. The molecule has 1 aromatic heterocycles. The summed E-state index contributed by atoms with van der Waals surface area (Å²) in [5.41, 5.74) is 1.15. The van der Waals surface area contributed by atoms with Gasteiger partial charge in [-0.15, -0.1) is 0 Å². The van der Waals surface area contributed by atoms with E-state index < -0.39 is 0 Å². The summed E-state index contributed by atoms with van der Waals surface area (Å²) in [4.78, 5) is 0. The van der Waals surface area contributed by atoms with Crippen LogP contribution in [0.3, 0.4) is 0 Å². The molecule has 0 amide bonds. The Bertz CT molecular complexity index is 471. The smallest absolute Gasteiger partial charge is 0.120 e. The molecule has 1 fully saturated rings. The predicted octanol–water partition coefficient (Wildman–Crippen LogP) is 2.11. The van der Waals surface area contributed by atoms with Crippen LogP contribution in [0.25, 0.3) is 10.9 Å². The van der Waals surface area contributed by atoms with Crippen LogP contribution in [0, 0.1) is 0 Å². The Labute approximate surface area is 82.3 Å². The Morgan fingerprint density at radius 3 is 3.07 bits per heavy atom. The molecule has 1 aliphatic rings. The first kappa shape index (κ1) is 7.85. The SMILES string of the molecule is Cn1ncc2cc(OC3CC3)ccc21. The molecule has 0 spiro atoms. The summed E-state index contributed by atoms with van der Waals surface area (Å²) in [5, 5.41) is 5.34. The number of ether oxygens (including phenoxy) is 1. The molecule has 2 aromatic rings. The first-order chi connectivity index (χ1) is 6.83. The minimum Gasteiger partial charge on any atom is -0.490 e. The largest absolute Gasteiger partial charge is 0.490 e. The van der Waals surface area contributed by atoms with Crippen LogP contribution in [0.2, 0.25) is 0 Å². The third kappa shape index (κ3) is 1.25. The van der Waals surface area contributed by atoms with Gasteiger partial charge in [0.1, 0.15) is 5.75 Å². The maximum absolute atomic E-state index is 5.71. The fourth-order valence-electron chi connectivity index (χ4n) is 1.59. The van der Waals surface area contributed by atoms with Crippen molar-refractivity contribution in [3.63, 3.8) is 0 Å². The molecule has 3 rings (SSSR count). The zero-order valence-electron chi connectivity index (χ0n) is 8.10. The highest BCUT2D eigenvalue weighted by molar-refractivity contribution is 5.80. The molecule has 1 saturated carbocycles. The third-order valence-electron chi connectivity index (χ3n) is 2.54. The Kier molecular flexibility index (Phi) is 1.54. The summed E-state index contributed by atoms with van der Waals surface area (Å²) >= 11 is 0. The topological polar surface area (TPSA) is 27.1 Å². The van der Waals surface area contributed by atoms with Crippen molar-refractivity contribution in [1.29, 1.82) is 0 Å². The summed E-state index contributed by atoms with van der Waals surface area (Å²) < 4.78 is 7.58. The third-order valence-corrected chi connectivity index (χ3v) is 2.54. The molecule has 72 valence electrons. The van der Waals surface area contributed by atoms with Crippen LogP contribution in [0.5, 0.6) is 5.75 Å². The van der Waals surface area contributed by atoms with Crippen LogP contribution in [0.4, 0.5) is 0 Å². The maximum Gasteiger partial charge on any atom is 0.120 e. The van der Waals surface area contributed by atoms with Gasteiger partial charge in [0.2, 0.25) is 0 Å². The standard InChI is InChI=1S/C11H12N2O/c1-13-11-5-4-10(14-9-2-3-9)6-8(11)7-12-13/h4-7,9H,2-3H2,1H3. The molecule has 0 saturated heterocycles. The van der Waals surface area contributed by atoms with Gasteiger partial charge < -0.3 is 4.74 Å². The van der Waals surface area contributed by atoms with Crippen molar-refractivity contribution in [1.82, 2.24) is 9.78 Å². The van der Waals surface area contributed by atoms with E-state index in [2.05, 4.69) is 17.2 Å². The lowest BCUT2D eigenvalue weighted by molar-refractivity contribution is 0.303. The molecule has 1 heterocycles. The van der Waals surface area contributed by atoms with Gasteiger partial charge in [0.25, 0.3) is 0 Å². The average Bonchev–Trinajstić information content (AvgIpc) is 2.92. The molecule has 0 N–H and O–H groups in total. The summed E-state index contributed by atoms with van der Waals surface area (Å²) in [6.07, 6.45) is 4.73. The van der Waals surface area contributed by atoms with Gasteiger partial charge in [-0.05, 0) is 31.0 Å². The summed E-state index contributed by atoms with van der Waals surface area (Å²) in [6.45, 7) is 0. The van der Waals surface area contributed by atoms with Gasteiger partial charge in [-0.25, -0.2) is 0 Å². The van der Waals surface area contributed by atoms with Crippen LogP contribution < -0.4 is 4.74 Å². The van der Waals surface area contributed by atoms with Crippen molar-refractivity contribution in [2.75, 3.05) is 0 Å². The highest BCUT2D eigenvalue weighted by Gasteiger charge is 2.23. The quantitative estimate of drug-likeness (QED) is 0.721. The van der Waals surface area contributed by atoms with Gasteiger partial charge in [0.05, 0.1) is 17.8 Å². The Morgan fingerprint density at radius 2 is 2.29 bits per heavy atom. The van der Waals surface area contributed by atoms with Crippen LogP contribution in [0.15, 0.2) is 24.4 Å². The van der Waals surface area contributed by atoms with Crippen molar-refractivity contribution >= 4 is 10.9 Å². The van der Waals surface area contributed by atoms with E-state index in [-0.39, 0.29) is 0 Å². The molecule has 0 radical (unpaired) electrons. The number of aryl methyl sites for hydroxylation is 1. The molecule has 3 nitrogen and oxygen atoms in total. The van der Waals surface area contributed by atoms with E-state index in [9.17, 15) is 0 Å². The molecule has 0 aliphatic heterocycles. The maximum atomic E-state index is 5.71. The van der Waals surface area contributed by atoms with Gasteiger partial charge in [-0.2, -0.15) is 5.10 Å². The normalized spacial score (nSPS) is 16.1. The van der Waals surface area contributed by atoms with Crippen LogP contribution >= 0.6 is 0 Å². The zero-order valence-corrected chi connectivity index (χ0v) is 8.10. The van der Waals surface area contributed by atoms with E-state index in [0.717, 1.165) is 16.7 Å². The molecule has 0 bridgehead atoms. The number of benzene rings is 1. The van der Waals surface area contributed by atoms with Crippen LogP contribution in [-0.4, -0.2) is 15.9 Å². The van der Waals surface area contributed by atoms with Crippen molar-refractivity contribution in [3.8, 4) is 5.75 Å². The number of hydrogen-bond acceptors (Lipinski definition) is 2. The lowest BCUT2D eigenvalue weighted by Gasteiger charge is -2.03. The minimum absolute atomic E-state index is 0.462. The lowest BCUT2D eigenvalue weighted by atomic mass is 10.2. The van der Waals surface area contributed by atoms with E-state index >= 15 is 0 Å². The fourth-order valence-corrected chi connectivity index (χ4v) is 1.59. The molecule has 14 heavy (non-hydrogen) atoms. The minimum atomic E-state index is 0.462. The second-order valence-corrected chi connectivity index (χ2v) is 3.81. The van der Waals surface area contributed by atoms with Gasteiger partial charge in [0.15, 0.2) is 0 Å². The predicted molar refractivity (Wildman–Crippen MR) is 54.4 cm³/mol. The van der Waals surface area contributed by atoms with E-state index in [1.807, 2.05) is 24.0 Å². The van der Waals surface area contributed by atoms with Crippen molar-refractivity contribution in [3.05, 3.63) is 24.4 Å². The Balaban J connectivity index is 2.01. The summed E-state index contributed by atoms with van der Waals surface area (Å²) in [7, 11) is 1.95. The molecule has 3 heteroatoms. The molecule has 1 aromatic carbocycles. The van der Waals surface area contributed by atoms with Gasteiger partial charge in [0, 0.05) is 12.4 Å². The van der Waals surface area contributed by atoms with E-state index in [4.69, 9.17) is 4.74 Å². The van der Waals surface area contributed by atoms with Gasteiger partial charge >= 0.3 is 0 Å². The zero-order chi connectivity index (χ0) is 9.54. The average molecular weight is 188 g/mol. The first-order valence-corrected chi connectivity index (χ1v) is 4.91. The number of nitrogens with zero attached hydrogens (tertiary/aromatic N) is 2. The van der Waals surface area contributed by atoms with E-state index in [1.54, 1.807) is 0 Å². The Hall–Kier alpha value is -1.51. The van der Waals surface area contributed by atoms with Crippen molar-refractivity contribution < 1.29 is 4.74 Å². The number of fused-ring (bicyclic) bond motifs is 1. The highest BCUT2D eigenvalue weighted by Crippen LogP contribution is 2.28. The van der Waals surface area contributed by atoms with E-state index in [1.165, 1.54) is 12.8 Å². The second-order valence-electron chi connectivity index (χ2n) is 3.81. The number of hydrogen-bond donors (Lipinski definition) is 0. The molecule has 0 atom stereocenters. The van der Waals surface area contributed by atoms with Crippen LogP contribution in [-0.2, 0) is 7.05 Å². The van der Waals surface area contributed by atoms with Crippen molar-refractivity contribution in [2.45, 2.75) is 18.9 Å². The lowest BCUT2D eigenvalue weighted by Crippen LogP contribution is -1.95. The summed E-state index contributed by atoms with van der Waals surface area (Å²) in [6, 6.07) is 6.13. The van der Waals surface area contributed by atoms with Crippen molar-refractivity contribution in [2.24, 2.45) is 7.05 Å². The van der Waals surface area contributed by atoms with Gasteiger partial charge in [-0.1, -0.05) is 0 Å². The second kappa shape index (κ2) is 2.74.